The summed E-state index contributed by atoms with van der Waals surface area (Å²) < 4.78 is 0. The van der Waals surface area contributed by atoms with Crippen LogP contribution in [-0.2, 0) is 19.2 Å². The summed E-state index contributed by atoms with van der Waals surface area (Å²) in [5, 5.41) is 8.05. The first kappa shape index (κ1) is 10.2. The summed E-state index contributed by atoms with van der Waals surface area (Å²) in [5.41, 5.74) is 0. The number of carbonyl (C=O) groups excluding carboxylic acids is 3. The average Bonchev–Trinajstić information content (AvgIpc) is 2.00. The first-order valence-electron chi connectivity index (χ1n) is 2.91. The van der Waals surface area contributed by atoms with Crippen LogP contribution in [0.4, 0.5) is 0 Å². The van der Waals surface area contributed by atoms with Crippen molar-refractivity contribution in [2.75, 3.05) is 0 Å². The Hall–Kier alpha value is -1.78. The number of rotatable bonds is 5. The highest BCUT2D eigenvalue weighted by atomic mass is 16.4. The van der Waals surface area contributed by atoms with E-state index < -0.39 is 24.0 Å². The van der Waals surface area contributed by atoms with Crippen molar-refractivity contribution in [1.82, 2.24) is 0 Å². The number of carboxylic acids is 1. The van der Waals surface area contributed by atoms with Crippen molar-refractivity contribution < 1.29 is 24.3 Å². The highest BCUT2D eigenvalue weighted by molar-refractivity contribution is 6.37. The fraction of sp³-hybridized carbons (Fsp3) is 0.143. The Bertz CT molecular complexity index is 251. The maximum absolute atomic E-state index is 10.6. The zero-order chi connectivity index (χ0) is 9.56. The number of ketones is 2. The number of carbonyl (C=O) groups is 3. The van der Waals surface area contributed by atoms with Gasteiger partial charge in [0, 0.05) is 0 Å². The lowest BCUT2D eigenvalue weighted by molar-refractivity contribution is -0.149. The topological polar surface area (TPSA) is 88.5 Å². The molecular weight excluding hydrogens is 164 g/mol. The predicted octanol–water partition coefficient (Wildman–Crippen LogP) is -0.735. The van der Waals surface area contributed by atoms with Crippen LogP contribution < -0.4 is 0 Å². The molecule has 0 unspecified atom stereocenters. The molecule has 0 aliphatic heterocycles. The lowest BCUT2D eigenvalue weighted by Gasteiger charge is -1.88. The standard InChI is InChI=1S/C7H5O5/c8-3-1-2-5(9)4-6(10)7(11)12/h1-2H,4H2,(H,11,12)/b2-1+. The Morgan fingerprint density at radius 3 is 2.33 bits per heavy atom. The van der Waals surface area contributed by atoms with Gasteiger partial charge < -0.3 is 5.11 Å². The highest BCUT2D eigenvalue weighted by Crippen LogP contribution is 1.87. The molecule has 0 aromatic rings. The summed E-state index contributed by atoms with van der Waals surface area (Å²) in [6.45, 7) is 0. The minimum Gasteiger partial charge on any atom is -0.475 e. The molecule has 0 aliphatic rings. The molecule has 0 heterocycles. The van der Waals surface area contributed by atoms with Crippen molar-refractivity contribution >= 4 is 23.8 Å². The van der Waals surface area contributed by atoms with E-state index in [-0.39, 0.29) is 0 Å². The molecule has 0 bridgehead atoms. The molecule has 1 radical (unpaired) electrons. The summed E-state index contributed by atoms with van der Waals surface area (Å²) >= 11 is 0. The van der Waals surface area contributed by atoms with Gasteiger partial charge in [0.25, 0.3) is 0 Å². The van der Waals surface area contributed by atoms with Crippen molar-refractivity contribution in [3.8, 4) is 0 Å². The molecule has 5 nitrogen and oxygen atoms in total. The van der Waals surface area contributed by atoms with Gasteiger partial charge in [-0.3, -0.25) is 14.4 Å². The van der Waals surface area contributed by atoms with Gasteiger partial charge in [0.15, 0.2) is 5.78 Å². The highest BCUT2D eigenvalue weighted by Gasteiger charge is 2.13. The smallest absolute Gasteiger partial charge is 0.372 e. The van der Waals surface area contributed by atoms with Gasteiger partial charge in [0.2, 0.25) is 12.1 Å². The number of carboxylic acid groups (broad SMARTS) is 1. The van der Waals surface area contributed by atoms with Crippen molar-refractivity contribution in [3.63, 3.8) is 0 Å². The molecule has 0 saturated heterocycles. The number of hydrogen-bond donors (Lipinski definition) is 1. The van der Waals surface area contributed by atoms with Crippen LogP contribution in [0.15, 0.2) is 12.2 Å². The van der Waals surface area contributed by atoms with E-state index >= 15 is 0 Å². The van der Waals surface area contributed by atoms with Crippen LogP contribution in [0.25, 0.3) is 0 Å². The molecule has 0 aromatic heterocycles. The van der Waals surface area contributed by atoms with Gasteiger partial charge in [-0.15, -0.1) is 0 Å². The molecule has 0 aromatic carbocycles. The van der Waals surface area contributed by atoms with E-state index in [0.29, 0.717) is 0 Å². The van der Waals surface area contributed by atoms with Crippen molar-refractivity contribution in [3.05, 3.63) is 12.2 Å². The second-order valence-corrected chi connectivity index (χ2v) is 1.82. The normalized spacial score (nSPS) is 9.67. The molecule has 0 saturated carbocycles. The second-order valence-electron chi connectivity index (χ2n) is 1.82. The molecule has 5 heteroatoms. The molecule has 0 rings (SSSR count). The quantitative estimate of drug-likeness (QED) is 0.333. The molecule has 63 valence electrons. The van der Waals surface area contributed by atoms with E-state index in [1.165, 1.54) is 6.29 Å². The first-order chi connectivity index (χ1) is 5.57. The number of Topliss-reactive ketones (excluding diaryl/α,β-unsaturated/α-hetero) is 1. The number of aliphatic carboxylic acids is 1. The molecule has 1 N–H and O–H groups in total. The molecule has 0 spiro atoms. The lowest BCUT2D eigenvalue weighted by atomic mass is 10.2. The van der Waals surface area contributed by atoms with Gasteiger partial charge in [-0.2, -0.15) is 0 Å². The maximum atomic E-state index is 10.6. The van der Waals surface area contributed by atoms with Crippen LogP contribution in [0, 0.1) is 0 Å². The van der Waals surface area contributed by atoms with E-state index in [1.54, 1.807) is 0 Å². The Balaban J connectivity index is 4.01. The largest absolute Gasteiger partial charge is 0.475 e. The maximum Gasteiger partial charge on any atom is 0.372 e. The zero-order valence-corrected chi connectivity index (χ0v) is 5.94. The van der Waals surface area contributed by atoms with E-state index in [4.69, 9.17) is 5.11 Å². The molecule has 12 heavy (non-hydrogen) atoms. The van der Waals surface area contributed by atoms with E-state index in [0.717, 1.165) is 12.2 Å². The van der Waals surface area contributed by atoms with Crippen molar-refractivity contribution in [2.45, 2.75) is 6.42 Å². The van der Waals surface area contributed by atoms with Crippen LogP contribution in [-0.4, -0.2) is 28.9 Å². The van der Waals surface area contributed by atoms with Gasteiger partial charge in [-0.1, -0.05) is 0 Å². The second kappa shape index (κ2) is 4.95. The fourth-order valence-electron chi connectivity index (χ4n) is 0.420. The summed E-state index contributed by atoms with van der Waals surface area (Å²) in [6.07, 6.45) is 2.14. The van der Waals surface area contributed by atoms with Gasteiger partial charge >= 0.3 is 5.97 Å². The third-order valence-electron chi connectivity index (χ3n) is 0.911. The number of hydrogen-bond acceptors (Lipinski definition) is 4. The zero-order valence-electron chi connectivity index (χ0n) is 5.94. The summed E-state index contributed by atoms with van der Waals surface area (Å²) in [4.78, 5) is 40.4. The van der Waals surface area contributed by atoms with Gasteiger partial charge in [0.05, 0.1) is 6.42 Å². The average molecular weight is 169 g/mol. The van der Waals surface area contributed by atoms with E-state index in [9.17, 15) is 19.2 Å². The van der Waals surface area contributed by atoms with E-state index in [1.807, 2.05) is 0 Å². The minimum atomic E-state index is -1.66. The Morgan fingerprint density at radius 1 is 1.33 bits per heavy atom. The van der Waals surface area contributed by atoms with Crippen LogP contribution in [0.5, 0.6) is 0 Å². The predicted molar refractivity (Wildman–Crippen MR) is 37.1 cm³/mol. The fourth-order valence-corrected chi connectivity index (χ4v) is 0.420. The van der Waals surface area contributed by atoms with Gasteiger partial charge in [-0.05, 0) is 12.2 Å². The monoisotopic (exact) mass is 169 g/mol. The van der Waals surface area contributed by atoms with Crippen LogP contribution >= 0.6 is 0 Å². The Kier molecular flexibility index (Phi) is 4.21. The van der Waals surface area contributed by atoms with Crippen LogP contribution in [0.3, 0.4) is 0 Å². The summed E-state index contributed by atoms with van der Waals surface area (Å²) in [7, 11) is 0. The van der Waals surface area contributed by atoms with Gasteiger partial charge in [0.1, 0.15) is 0 Å². The Morgan fingerprint density at radius 2 is 1.92 bits per heavy atom. The van der Waals surface area contributed by atoms with Crippen molar-refractivity contribution in [1.29, 1.82) is 0 Å². The SMILES string of the molecule is O=[C]/C=C/C(=O)CC(=O)C(=O)O. The minimum absolute atomic E-state index is 0.729. The molecule has 0 atom stereocenters. The summed E-state index contributed by atoms with van der Waals surface area (Å²) in [5.74, 6) is -3.59. The molecule has 0 fully saturated rings. The third kappa shape index (κ3) is 4.10. The number of allylic oxidation sites excluding steroid dienone is 2. The van der Waals surface area contributed by atoms with E-state index in [2.05, 4.69) is 0 Å². The molecule has 0 amide bonds. The van der Waals surface area contributed by atoms with Crippen LogP contribution in [0.2, 0.25) is 0 Å². The van der Waals surface area contributed by atoms with Crippen LogP contribution in [0.1, 0.15) is 6.42 Å². The Labute approximate surface area is 67.7 Å². The first-order valence-corrected chi connectivity index (χ1v) is 2.91. The lowest BCUT2D eigenvalue weighted by Crippen LogP contribution is -2.15. The molecule has 0 aliphatic carbocycles. The summed E-state index contributed by atoms with van der Waals surface area (Å²) in [6, 6.07) is 0. The molecular formula is C7H5O5. The van der Waals surface area contributed by atoms with Crippen molar-refractivity contribution in [2.24, 2.45) is 0 Å². The van der Waals surface area contributed by atoms with Gasteiger partial charge in [-0.25, -0.2) is 4.79 Å². The third-order valence-corrected chi connectivity index (χ3v) is 0.911.